The van der Waals surface area contributed by atoms with Crippen LogP contribution in [0, 0.1) is 17.8 Å². The van der Waals surface area contributed by atoms with Crippen LogP contribution < -0.4 is 15.4 Å². The second kappa shape index (κ2) is 9.67. The monoisotopic (exact) mass is 332 g/mol. The van der Waals surface area contributed by atoms with Gasteiger partial charge >= 0.3 is 0 Å². The molecule has 2 unspecified atom stereocenters. The molecule has 1 aliphatic rings. The van der Waals surface area contributed by atoms with Gasteiger partial charge in [-0.15, -0.1) is 0 Å². The van der Waals surface area contributed by atoms with E-state index < -0.39 is 0 Å². The lowest BCUT2D eigenvalue weighted by atomic mass is 9.85. The van der Waals surface area contributed by atoms with Gasteiger partial charge in [0.15, 0.2) is 0 Å². The van der Waals surface area contributed by atoms with Crippen LogP contribution in [0.25, 0.3) is 0 Å². The summed E-state index contributed by atoms with van der Waals surface area (Å²) in [5.74, 6) is 2.57. The van der Waals surface area contributed by atoms with Gasteiger partial charge in [0.05, 0.1) is 6.61 Å². The first kappa shape index (κ1) is 18.8. The summed E-state index contributed by atoms with van der Waals surface area (Å²) >= 11 is 0. The molecule has 0 aromatic heterocycles. The normalized spacial score (nSPS) is 19.1. The fraction of sp³-hybridized carbons (Fsp3) is 0.650. The maximum atomic E-state index is 12.2. The first-order valence-electron chi connectivity index (χ1n) is 9.23. The lowest BCUT2D eigenvalue weighted by Crippen LogP contribution is -2.35. The van der Waals surface area contributed by atoms with Gasteiger partial charge in [-0.3, -0.25) is 4.79 Å². The molecule has 2 N–H and O–H groups in total. The molecule has 1 amide bonds. The summed E-state index contributed by atoms with van der Waals surface area (Å²) in [7, 11) is 0. The zero-order chi connectivity index (χ0) is 17.4. The Kier molecular flexibility index (Phi) is 7.57. The van der Waals surface area contributed by atoms with E-state index >= 15 is 0 Å². The molecule has 1 aromatic carbocycles. The lowest BCUT2D eigenvalue weighted by molar-refractivity contribution is -0.122. The first-order valence-corrected chi connectivity index (χ1v) is 9.23. The van der Waals surface area contributed by atoms with E-state index in [2.05, 4.69) is 31.4 Å². The van der Waals surface area contributed by atoms with E-state index in [-0.39, 0.29) is 5.91 Å². The molecule has 0 saturated carbocycles. The Labute approximate surface area is 146 Å². The predicted octanol–water partition coefficient (Wildman–Crippen LogP) is 3.36. The summed E-state index contributed by atoms with van der Waals surface area (Å²) in [6, 6.07) is 7.98. The number of hydrogen-bond acceptors (Lipinski definition) is 3. The van der Waals surface area contributed by atoms with Gasteiger partial charge in [0.25, 0.3) is 0 Å². The van der Waals surface area contributed by atoms with E-state index in [0.717, 1.165) is 24.4 Å². The van der Waals surface area contributed by atoms with E-state index in [1.54, 1.807) is 0 Å². The van der Waals surface area contributed by atoms with Gasteiger partial charge < -0.3 is 15.4 Å². The highest BCUT2D eigenvalue weighted by Gasteiger charge is 2.21. The molecule has 2 rings (SSSR count). The van der Waals surface area contributed by atoms with Crippen LogP contribution in [0.3, 0.4) is 0 Å². The van der Waals surface area contributed by atoms with Gasteiger partial charge in [0.2, 0.25) is 5.91 Å². The minimum absolute atomic E-state index is 0.140. The summed E-state index contributed by atoms with van der Waals surface area (Å²) in [4.78, 5) is 12.2. The molecule has 0 spiro atoms. The number of piperidine rings is 1. The first-order chi connectivity index (χ1) is 11.5. The third-order valence-corrected chi connectivity index (χ3v) is 4.62. The minimum Gasteiger partial charge on any atom is -0.493 e. The lowest BCUT2D eigenvalue weighted by Gasteiger charge is -2.28. The summed E-state index contributed by atoms with van der Waals surface area (Å²) < 4.78 is 5.74. The molecule has 1 heterocycles. The number of ether oxygens (including phenoxy) is 1. The van der Waals surface area contributed by atoms with E-state index in [1.807, 2.05) is 24.3 Å². The predicted molar refractivity (Wildman–Crippen MR) is 98.0 cm³/mol. The standard InChI is InChI=1S/C20H32N2O2/c1-15(2)14-24-19-8-4-6-17(11-19)12-22-20(23)10-16(3)18-7-5-9-21-13-18/h4,6,8,11,15-16,18,21H,5,7,9-10,12-14H2,1-3H3,(H,22,23). The van der Waals surface area contributed by atoms with Gasteiger partial charge in [0.1, 0.15) is 5.75 Å². The molecule has 1 aromatic rings. The summed E-state index contributed by atoms with van der Waals surface area (Å²) in [5.41, 5.74) is 1.08. The van der Waals surface area contributed by atoms with E-state index in [4.69, 9.17) is 4.74 Å². The highest BCUT2D eigenvalue weighted by Crippen LogP contribution is 2.22. The molecule has 24 heavy (non-hydrogen) atoms. The van der Waals surface area contributed by atoms with Crippen molar-refractivity contribution in [3.8, 4) is 5.75 Å². The van der Waals surface area contributed by atoms with Crippen LogP contribution in [0.1, 0.15) is 45.6 Å². The van der Waals surface area contributed by atoms with Crippen molar-refractivity contribution in [2.45, 2.75) is 46.6 Å². The Morgan fingerprint density at radius 3 is 2.92 bits per heavy atom. The average Bonchev–Trinajstić information content (AvgIpc) is 2.59. The quantitative estimate of drug-likeness (QED) is 0.767. The topological polar surface area (TPSA) is 50.4 Å². The van der Waals surface area contributed by atoms with Gasteiger partial charge in [-0.1, -0.05) is 32.9 Å². The molecule has 4 heteroatoms. The highest BCUT2D eigenvalue weighted by molar-refractivity contribution is 5.76. The van der Waals surface area contributed by atoms with Crippen molar-refractivity contribution >= 4 is 5.91 Å². The van der Waals surface area contributed by atoms with Gasteiger partial charge in [-0.25, -0.2) is 0 Å². The maximum Gasteiger partial charge on any atom is 0.220 e. The fourth-order valence-electron chi connectivity index (χ4n) is 3.10. The molecule has 1 saturated heterocycles. The third kappa shape index (κ3) is 6.52. The average molecular weight is 332 g/mol. The van der Waals surface area contributed by atoms with Crippen LogP contribution >= 0.6 is 0 Å². The summed E-state index contributed by atoms with van der Waals surface area (Å²) in [6.07, 6.45) is 3.06. The van der Waals surface area contributed by atoms with Gasteiger partial charge in [-0.05, 0) is 61.4 Å². The van der Waals surface area contributed by atoms with Crippen LogP contribution in [-0.2, 0) is 11.3 Å². The van der Waals surface area contributed by atoms with Crippen LogP contribution in [0.2, 0.25) is 0 Å². The van der Waals surface area contributed by atoms with Crippen LogP contribution in [0.4, 0.5) is 0 Å². The molecule has 0 radical (unpaired) electrons. The van der Waals surface area contributed by atoms with Crippen molar-refractivity contribution in [3.05, 3.63) is 29.8 Å². The van der Waals surface area contributed by atoms with Crippen LogP contribution in [-0.4, -0.2) is 25.6 Å². The zero-order valence-electron chi connectivity index (χ0n) is 15.3. The molecule has 1 fully saturated rings. The Hall–Kier alpha value is -1.55. The summed E-state index contributed by atoms with van der Waals surface area (Å²) in [6.45, 7) is 9.89. The number of carbonyl (C=O) groups is 1. The third-order valence-electron chi connectivity index (χ3n) is 4.62. The van der Waals surface area contributed by atoms with E-state index in [0.29, 0.717) is 37.3 Å². The Bertz CT molecular complexity index is 510. The maximum absolute atomic E-state index is 12.2. The van der Waals surface area contributed by atoms with Crippen molar-refractivity contribution in [1.82, 2.24) is 10.6 Å². The van der Waals surface area contributed by atoms with Crippen molar-refractivity contribution in [1.29, 1.82) is 0 Å². The highest BCUT2D eigenvalue weighted by atomic mass is 16.5. The SMILES string of the molecule is CC(C)COc1cccc(CNC(=O)CC(C)C2CCCNC2)c1. The van der Waals surface area contributed by atoms with E-state index in [9.17, 15) is 4.79 Å². The number of rotatable bonds is 8. The molecule has 1 aliphatic heterocycles. The molecular formula is C20H32N2O2. The van der Waals surface area contributed by atoms with E-state index in [1.165, 1.54) is 12.8 Å². The number of amides is 1. The van der Waals surface area contributed by atoms with Gasteiger partial charge in [-0.2, -0.15) is 0 Å². The Morgan fingerprint density at radius 1 is 1.38 bits per heavy atom. The minimum atomic E-state index is 0.140. The Balaban J connectivity index is 1.75. The molecular weight excluding hydrogens is 300 g/mol. The number of nitrogens with one attached hydrogen (secondary N) is 2. The van der Waals surface area contributed by atoms with Crippen LogP contribution in [0.5, 0.6) is 5.75 Å². The van der Waals surface area contributed by atoms with Crippen molar-refractivity contribution in [2.75, 3.05) is 19.7 Å². The molecule has 134 valence electrons. The fourth-order valence-corrected chi connectivity index (χ4v) is 3.10. The number of hydrogen-bond donors (Lipinski definition) is 2. The van der Waals surface area contributed by atoms with Crippen molar-refractivity contribution in [2.24, 2.45) is 17.8 Å². The second-order valence-corrected chi connectivity index (χ2v) is 7.42. The Morgan fingerprint density at radius 2 is 2.21 bits per heavy atom. The summed E-state index contributed by atoms with van der Waals surface area (Å²) in [5, 5.41) is 6.47. The number of carbonyl (C=O) groups excluding carboxylic acids is 1. The number of benzene rings is 1. The smallest absolute Gasteiger partial charge is 0.220 e. The molecule has 2 atom stereocenters. The van der Waals surface area contributed by atoms with Crippen LogP contribution in [0.15, 0.2) is 24.3 Å². The van der Waals surface area contributed by atoms with Crippen molar-refractivity contribution < 1.29 is 9.53 Å². The second-order valence-electron chi connectivity index (χ2n) is 7.42. The molecule has 0 bridgehead atoms. The largest absolute Gasteiger partial charge is 0.493 e. The zero-order valence-corrected chi connectivity index (χ0v) is 15.3. The van der Waals surface area contributed by atoms with Gasteiger partial charge in [0, 0.05) is 13.0 Å². The molecule has 4 nitrogen and oxygen atoms in total. The van der Waals surface area contributed by atoms with Crippen molar-refractivity contribution in [3.63, 3.8) is 0 Å². The molecule has 0 aliphatic carbocycles.